The van der Waals surface area contributed by atoms with E-state index in [9.17, 15) is 14.9 Å². The third kappa shape index (κ3) is 4.64. The fourth-order valence-electron chi connectivity index (χ4n) is 3.26. The van der Waals surface area contributed by atoms with Gasteiger partial charge in [0.1, 0.15) is 6.07 Å². The third-order valence-electron chi connectivity index (χ3n) is 4.63. The quantitative estimate of drug-likeness (QED) is 0.661. The Morgan fingerprint density at radius 1 is 1.50 bits per heavy atom. The Balaban J connectivity index is 1.58. The Morgan fingerprint density at radius 2 is 2.29 bits per heavy atom. The molecular weight excluding hydrogens is 396 g/mol. The topological polar surface area (TPSA) is 97.5 Å². The van der Waals surface area contributed by atoms with Gasteiger partial charge in [-0.1, -0.05) is 23.9 Å². The molecule has 1 fully saturated rings. The van der Waals surface area contributed by atoms with Crippen LogP contribution in [-0.4, -0.2) is 58.8 Å². The first-order chi connectivity index (χ1) is 13.5. The summed E-state index contributed by atoms with van der Waals surface area (Å²) >= 11 is 2.77. The average molecular weight is 417 g/mol. The van der Waals surface area contributed by atoms with Gasteiger partial charge in [0.05, 0.1) is 11.3 Å². The molecule has 1 aromatic carbocycles. The lowest BCUT2D eigenvalue weighted by Gasteiger charge is -2.30. The molecule has 0 unspecified atom stereocenters. The predicted octanol–water partition coefficient (Wildman–Crippen LogP) is 2.93. The summed E-state index contributed by atoms with van der Waals surface area (Å²) in [7, 11) is 1.94. The normalized spacial score (nSPS) is 16.2. The van der Waals surface area contributed by atoms with Crippen LogP contribution in [0.1, 0.15) is 28.9 Å². The molecule has 1 atom stereocenters. The van der Waals surface area contributed by atoms with Crippen molar-refractivity contribution in [3.8, 4) is 6.07 Å². The number of anilines is 1. The van der Waals surface area contributed by atoms with Gasteiger partial charge in [-0.25, -0.2) is 9.78 Å². The number of benzene rings is 1. The van der Waals surface area contributed by atoms with Crippen LogP contribution in [0.4, 0.5) is 5.69 Å². The second-order valence-electron chi connectivity index (χ2n) is 6.44. The van der Waals surface area contributed by atoms with Gasteiger partial charge in [-0.2, -0.15) is 5.26 Å². The molecule has 7 nitrogen and oxygen atoms in total. The van der Waals surface area contributed by atoms with Crippen molar-refractivity contribution >= 4 is 40.7 Å². The first-order valence-corrected chi connectivity index (χ1v) is 10.7. The third-order valence-corrected chi connectivity index (χ3v) is 6.63. The van der Waals surface area contributed by atoms with Gasteiger partial charge in [-0.3, -0.25) is 4.79 Å². The molecule has 2 aromatic rings. The SMILES string of the molecule is CN(C[C@H]1CCC(=O)N1CCSc1nc(C(=O)O)cs1)c1ccccc1C#N. The lowest BCUT2D eigenvalue weighted by Crippen LogP contribution is -2.42. The first-order valence-electron chi connectivity index (χ1n) is 8.81. The van der Waals surface area contributed by atoms with Crippen LogP contribution in [0.5, 0.6) is 0 Å². The molecule has 1 aliphatic heterocycles. The molecule has 1 amide bonds. The zero-order chi connectivity index (χ0) is 20.1. The first kappa shape index (κ1) is 20.2. The molecule has 0 spiro atoms. The number of carboxylic acid groups (broad SMARTS) is 1. The predicted molar refractivity (Wildman–Crippen MR) is 109 cm³/mol. The number of para-hydroxylation sites is 1. The minimum atomic E-state index is -1.03. The van der Waals surface area contributed by atoms with Gasteiger partial charge in [-0.15, -0.1) is 11.3 Å². The summed E-state index contributed by atoms with van der Waals surface area (Å²) in [6.07, 6.45) is 1.33. The fraction of sp³-hybridized carbons (Fsp3) is 0.368. The Hall–Kier alpha value is -2.57. The summed E-state index contributed by atoms with van der Waals surface area (Å²) in [4.78, 5) is 31.2. The van der Waals surface area contributed by atoms with Crippen molar-refractivity contribution in [3.63, 3.8) is 0 Å². The number of carbonyl (C=O) groups excluding carboxylic acids is 1. The number of nitrogens with zero attached hydrogens (tertiary/aromatic N) is 4. The molecule has 1 aliphatic rings. The summed E-state index contributed by atoms with van der Waals surface area (Å²) in [5.74, 6) is -0.232. The van der Waals surface area contributed by atoms with E-state index in [0.29, 0.717) is 35.2 Å². The molecule has 2 heterocycles. The molecule has 1 N–H and O–H groups in total. The number of likely N-dealkylation sites (N-methyl/N-ethyl adjacent to an activating group) is 1. The van der Waals surface area contributed by atoms with Crippen molar-refractivity contribution < 1.29 is 14.7 Å². The molecule has 1 saturated heterocycles. The van der Waals surface area contributed by atoms with Crippen molar-refractivity contribution in [1.82, 2.24) is 9.88 Å². The van der Waals surface area contributed by atoms with E-state index >= 15 is 0 Å². The van der Waals surface area contributed by atoms with E-state index in [1.807, 2.05) is 35.0 Å². The molecule has 3 rings (SSSR count). The molecule has 9 heteroatoms. The number of likely N-dealkylation sites (tertiary alicyclic amines) is 1. The van der Waals surface area contributed by atoms with Crippen molar-refractivity contribution in [1.29, 1.82) is 5.26 Å². The summed E-state index contributed by atoms with van der Waals surface area (Å²) in [6.45, 7) is 1.25. The highest BCUT2D eigenvalue weighted by Crippen LogP contribution is 2.26. The van der Waals surface area contributed by atoms with Crippen LogP contribution in [0.25, 0.3) is 0 Å². The number of aromatic nitrogens is 1. The van der Waals surface area contributed by atoms with Gasteiger partial charge in [-0.05, 0) is 18.6 Å². The highest BCUT2D eigenvalue weighted by atomic mass is 32.2. The van der Waals surface area contributed by atoms with E-state index in [2.05, 4.69) is 11.1 Å². The van der Waals surface area contributed by atoms with Crippen LogP contribution in [0.2, 0.25) is 0 Å². The van der Waals surface area contributed by atoms with E-state index in [-0.39, 0.29) is 17.6 Å². The van der Waals surface area contributed by atoms with Gasteiger partial charge in [0, 0.05) is 43.7 Å². The van der Waals surface area contributed by atoms with Crippen LogP contribution >= 0.6 is 23.1 Å². The second-order valence-corrected chi connectivity index (χ2v) is 8.64. The Labute approximate surface area is 171 Å². The zero-order valence-corrected chi connectivity index (χ0v) is 17.0. The molecule has 0 saturated carbocycles. The maximum absolute atomic E-state index is 12.3. The van der Waals surface area contributed by atoms with Gasteiger partial charge in [0.2, 0.25) is 5.91 Å². The van der Waals surface area contributed by atoms with E-state index in [1.54, 1.807) is 6.07 Å². The lowest BCUT2D eigenvalue weighted by molar-refractivity contribution is -0.128. The number of carbonyl (C=O) groups is 2. The maximum Gasteiger partial charge on any atom is 0.355 e. The number of hydrogen-bond acceptors (Lipinski definition) is 7. The van der Waals surface area contributed by atoms with Crippen molar-refractivity contribution in [2.75, 3.05) is 30.8 Å². The monoisotopic (exact) mass is 416 g/mol. The molecular formula is C19H20N4O3S2. The molecule has 0 aliphatic carbocycles. The molecule has 28 heavy (non-hydrogen) atoms. The second kappa shape index (κ2) is 9.08. The standard InChI is InChI=1S/C19H20N4O3S2/c1-22(16-5-3-2-4-13(16)10-20)11-14-6-7-17(24)23(14)8-9-27-19-21-15(12-28-19)18(25)26/h2-5,12,14H,6-9,11H2,1H3,(H,25,26)/t14-/m1/s1. The van der Waals surface area contributed by atoms with E-state index in [0.717, 1.165) is 12.1 Å². The lowest BCUT2D eigenvalue weighted by atomic mass is 10.1. The van der Waals surface area contributed by atoms with Crippen LogP contribution in [-0.2, 0) is 4.79 Å². The van der Waals surface area contributed by atoms with Gasteiger partial charge < -0.3 is 14.9 Å². The van der Waals surface area contributed by atoms with Crippen LogP contribution in [0, 0.1) is 11.3 Å². The molecule has 0 bridgehead atoms. The number of carboxylic acids is 1. The van der Waals surface area contributed by atoms with Gasteiger partial charge in [0.25, 0.3) is 0 Å². The smallest absolute Gasteiger partial charge is 0.355 e. The summed E-state index contributed by atoms with van der Waals surface area (Å²) in [5.41, 5.74) is 1.54. The average Bonchev–Trinajstić information content (AvgIpc) is 3.30. The number of hydrogen-bond donors (Lipinski definition) is 1. The number of rotatable bonds is 8. The van der Waals surface area contributed by atoms with Crippen molar-refractivity contribution in [3.05, 3.63) is 40.9 Å². The zero-order valence-electron chi connectivity index (χ0n) is 15.4. The van der Waals surface area contributed by atoms with E-state index in [4.69, 9.17) is 5.11 Å². The minimum Gasteiger partial charge on any atom is -0.476 e. The molecule has 146 valence electrons. The Bertz CT molecular complexity index is 909. The summed E-state index contributed by atoms with van der Waals surface area (Å²) < 4.78 is 0.695. The van der Waals surface area contributed by atoms with Crippen LogP contribution < -0.4 is 4.90 Å². The highest BCUT2D eigenvalue weighted by molar-refractivity contribution is 8.01. The van der Waals surface area contributed by atoms with Crippen molar-refractivity contribution in [2.45, 2.75) is 23.2 Å². The van der Waals surface area contributed by atoms with Crippen molar-refractivity contribution in [2.24, 2.45) is 0 Å². The van der Waals surface area contributed by atoms with E-state index < -0.39 is 5.97 Å². The maximum atomic E-state index is 12.3. The highest BCUT2D eigenvalue weighted by Gasteiger charge is 2.31. The number of amides is 1. The number of nitriles is 1. The number of thioether (sulfide) groups is 1. The summed E-state index contributed by atoms with van der Waals surface area (Å²) in [5, 5.41) is 19.8. The largest absolute Gasteiger partial charge is 0.476 e. The molecule has 0 radical (unpaired) electrons. The van der Waals surface area contributed by atoms with Gasteiger partial charge in [0.15, 0.2) is 10.0 Å². The molecule has 1 aromatic heterocycles. The van der Waals surface area contributed by atoms with E-state index in [1.165, 1.54) is 28.5 Å². The fourth-order valence-corrected chi connectivity index (χ4v) is 5.07. The Kier molecular flexibility index (Phi) is 6.54. The number of thiazole rings is 1. The minimum absolute atomic E-state index is 0.0559. The summed E-state index contributed by atoms with van der Waals surface area (Å²) in [6, 6.07) is 9.75. The Morgan fingerprint density at radius 3 is 3.00 bits per heavy atom. The van der Waals surface area contributed by atoms with Crippen LogP contribution in [0.15, 0.2) is 34.0 Å². The number of aromatic carboxylic acids is 1. The van der Waals surface area contributed by atoms with Crippen LogP contribution in [0.3, 0.4) is 0 Å². The van der Waals surface area contributed by atoms with Gasteiger partial charge >= 0.3 is 5.97 Å².